The molecule has 6 nitrogen and oxygen atoms in total. The Labute approximate surface area is 131 Å². The number of anilines is 1. The van der Waals surface area contributed by atoms with Gasteiger partial charge in [-0.15, -0.1) is 5.10 Å². The molecule has 0 aliphatic carbocycles. The Kier molecular flexibility index (Phi) is 3.15. The molecule has 0 saturated heterocycles. The van der Waals surface area contributed by atoms with Gasteiger partial charge in [-0.3, -0.25) is 0 Å². The molecular weight excluding hydrogens is 300 g/mol. The summed E-state index contributed by atoms with van der Waals surface area (Å²) in [5.41, 5.74) is 2.13. The van der Waals surface area contributed by atoms with Crippen LogP contribution in [0.2, 0.25) is 0 Å². The third-order valence-electron chi connectivity index (χ3n) is 3.67. The minimum absolute atomic E-state index is 0.191. The highest BCUT2D eigenvalue weighted by atomic mass is 32.1. The standard InChI is InChI=1S/C15H16N4O2S/c1-9-7-19-15(16-9)22-14(18-19)17-11-6-10-4-3-5-12(20-2)13(10)21-8-11/h3-5,7,11H,6,8H2,1-2H3,(H,17,18)/t11-/m0/s1. The Morgan fingerprint density at radius 2 is 2.36 bits per heavy atom. The summed E-state index contributed by atoms with van der Waals surface area (Å²) in [5.74, 6) is 1.65. The van der Waals surface area contributed by atoms with Crippen molar-refractivity contribution >= 4 is 21.4 Å². The zero-order valence-electron chi connectivity index (χ0n) is 12.4. The Bertz CT molecular complexity index is 795. The van der Waals surface area contributed by atoms with E-state index in [0.29, 0.717) is 6.61 Å². The van der Waals surface area contributed by atoms with Crippen LogP contribution in [-0.2, 0) is 6.42 Å². The molecule has 1 aromatic carbocycles. The molecule has 0 radical (unpaired) electrons. The largest absolute Gasteiger partial charge is 0.493 e. The Balaban J connectivity index is 1.53. The van der Waals surface area contributed by atoms with Crippen molar-refractivity contribution in [3.63, 3.8) is 0 Å². The average Bonchev–Trinajstić information content (AvgIpc) is 3.02. The number of methoxy groups -OCH3 is 1. The second kappa shape index (κ2) is 5.17. The maximum absolute atomic E-state index is 5.87. The number of hydrogen-bond donors (Lipinski definition) is 1. The first-order valence-corrected chi connectivity index (χ1v) is 7.92. The van der Waals surface area contributed by atoms with Gasteiger partial charge in [0.1, 0.15) is 6.61 Å². The molecule has 0 bridgehead atoms. The van der Waals surface area contributed by atoms with Crippen LogP contribution in [0.4, 0.5) is 5.13 Å². The number of nitrogens with zero attached hydrogens (tertiary/aromatic N) is 3. The molecular formula is C15H16N4O2S. The molecule has 0 saturated carbocycles. The fraction of sp³-hybridized carbons (Fsp3) is 0.333. The molecule has 0 fully saturated rings. The van der Waals surface area contributed by atoms with Gasteiger partial charge in [-0.1, -0.05) is 23.5 Å². The van der Waals surface area contributed by atoms with Crippen LogP contribution in [0, 0.1) is 6.92 Å². The molecule has 114 valence electrons. The normalized spacial score (nSPS) is 17.1. The first-order valence-electron chi connectivity index (χ1n) is 7.11. The SMILES string of the molecule is COc1cccc2c1OC[C@@H](Nc1nn3cc(C)nc3s1)C2. The van der Waals surface area contributed by atoms with Gasteiger partial charge in [-0.25, -0.2) is 9.50 Å². The second-order valence-electron chi connectivity index (χ2n) is 5.32. The number of aromatic nitrogens is 3. The van der Waals surface area contributed by atoms with Gasteiger partial charge in [0.2, 0.25) is 10.1 Å². The van der Waals surface area contributed by atoms with Crippen molar-refractivity contribution in [3.8, 4) is 11.5 Å². The topological polar surface area (TPSA) is 60.7 Å². The number of fused-ring (bicyclic) bond motifs is 2. The fourth-order valence-corrected chi connectivity index (χ4v) is 3.59. The third-order valence-corrected chi connectivity index (χ3v) is 4.52. The summed E-state index contributed by atoms with van der Waals surface area (Å²) in [7, 11) is 1.66. The van der Waals surface area contributed by atoms with Crippen LogP contribution in [0.5, 0.6) is 11.5 Å². The smallest absolute Gasteiger partial charge is 0.214 e. The number of para-hydroxylation sites is 1. The number of aryl methyl sites for hydroxylation is 1. The molecule has 0 amide bonds. The number of rotatable bonds is 3. The second-order valence-corrected chi connectivity index (χ2v) is 6.28. The van der Waals surface area contributed by atoms with Crippen LogP contribution >= 0.6 is 11.3 Å². The summed E-state index contributed by atoms with van der Waals surface area (Å²) < 4.78 is 13.0. The van der Waals surface area contributed by atoms with Gasteiger partial charge in [-0.05, 0) is 19.4 Å². The molecule has 7 heteroatoms. The molecule has 0 spiro atoms. The molecule has 3 aromatic rings. The first-order chi connectivity index (χ1) is 10.7. The molecule has 1 atom stereocenters. The summed E-state index contributed by atoms with van der Waals surface area (Å²) in [4.78, 5) is 5.32. The number of ether oxygens (including phenoxy) is 2. The summed E-state index contributed by atoms with van der Waals surface area (Å²) in [5, 5.41) is 8.80. The Morgan fingerprint density at radius 3 is 3.18 bits per heavy atom. The van der Waals surface area contributed by atoms with Crippen molar-refractivity contribution in [2.75, 3.05) is 19.0 Å². The van der Waals surface area contributed by atoms with Crippen LogP contribution < -0.4 is 14.8 Å². The zero-order chi connectivity index (χ0) is 15.1. The van der Waals surface area contributed by atoms with Crippen LogP contribution in [0.25, 0.3) is 4.96 Å². The van der Waals surface area contributed by atoms with E-state index in [0.717, 1.165) is 39.3 Å². The quantitative estimate of drug-likeness (QED) is 0.804. The van der Waals surface area contributed by atoms with E-state index in [1.807, 2.05) is 29.8 Å². The van der Waals surface area contributed by atoms with E-state index in [9.17, 15) is 0 Å². The maximum Gasteiger partial charge on any atom is 0.214 e. The van der Waals surface area contributed by atoms with E-state index < -0.39 is 0 Å². The monoisotopic (exact) mass is 316 g/mol. The van der Waals surface area contributed by atoms with Crippen LogP contribution in [0.3, 0.4) is 0 Å². The molecule has 2 aromatic heterocycles. The van der Waals surface area contributed by atoms with E-state index in [4.69, 9.17) is 9.47 Å². The van der Waals surface area contributed by atoms with Gasteiger partial charge < -0.3 is 14.8 Å². The van der Waals surface area contributed by atoms with E-state index in [2.05, 4.69) is 21.5 Å². The van der Waals surface area contributed by atoms with Gasteiger partial charge in [-0.2, -0.15) is 0 Å². The van der Waals surface area contributed by atoms with Crippen LogP contribution in [0.1, 0.15) is 11.3 Å². The number of hydrogen-bond acceptors (Lipinski definition) is 6. The summed E-state index contributed by atoms with van der Waals surface area (Å²) >= 11 is 1.55. The highest BCUT2D eigenvalue weighted by molar-refractivity contribution is 7.20. The Hall–Kier alpha value is -2.28. The summed E-state index contributed by atoms with van der Waals surface area (Å²) in [6.07, 6.45) is 2.81. The van der Waals surface area contributed by atoms with Crippen LogP contribution in [0.15, 0.2) is 24.4 Å². The number of nitrogens with one attached hydrogen (secondary N) is 1. The van der Waals surface area contributed by atoms with Crippen molar-refractivity contribution in [1.82, 2.24) is 14.6 Å². The zero-order valence-corrected chi connectivity index (χ0v) is 13.2. The lowest BCUT2D eigenvalue weighted by Gasteiger charge is -2.26. The maximum atomic E-state index is 5.87. The highest BCUT2D eigenvalue weighted by Crippen LogP contribution is 2.35. The number of benzene rings is 1. The average molecular weight is 316 g/mol. The van der Waals surface area contributed by atoms with Gasteiger partial charge in [0, 0.05) is 5.56 Å². The highest BCUT2D eigenvalue weighted by Gasteiger charge is 2.23. The van der Waals surface area contributed by atoms with Gasteiger partial charge >= 0.3 is 0 Å². The van der Waals surface area contributed by atoms with E-state index in [-0.39, 0.29) is 6.04 Å². The van der Waals surface area contributed by atoms with Crippen molar-refractivity contribution in [2.24, 2.45) is 0 Å². The predicted molar refractivity (Wildman–Crippen MR) is 85.2 cm³/mol. The molecule has 4 rings (SSSR count). The lowest BCUT2D eigenvalue weighted by atomic mass is 10.0. The molecule has 22 heavy (non-hydrogen) atoms. The first kappa shape index (κ1) is 13.4. The van der Waals surface area contributed by atoms with Gasteiger partial charge in [0.05, 0.1) is 25.0 Å². The van der Waals surface area contributed by atoms with E-state index in [1.54, 1.807) is 18.4 Å². The lowest BCUT2D eigenvalue weighted by Crippen LogP contribution is -2.33. The fourth-order valence-electron chi connectivity index (χ4n) is 2.69. The van der Waals surface area contributed by atoms with E-state index >= 15 is 0 Å². The molecule has 1 aliphatic heterocycles. The van der Waals surface area contributed by atoms with Crippen LogP contribution in [-0.4, -0.2) is 34.4 Å². The molecule has 3 heterocycles. The Morgan fingerprint density at radius 1 is 1.45 bits per heavy atom. The predicted octanol–water partition coefficient (Wildman–Crippen LogP) is 2.52. The summed E-state index contributed by atoms with van der Waals surface area (Å²) in [6, 6.07) is 6.18. The van der Waals surface area contributed by atoms with Crippen molar-refractivity contribution < 1.29 is 9.47 Å². The van der Waals surface area contributed by atoms with Crippen molar-refractivity contribution in [1.29, 1.82) is 0 Å². The van der Waals surface area contributed by atoms with Crippen molar-refractivity contribution in [3.05, 3.63) is 35.7 Å². The molecule has 0 unspecified atom stereocenters. The van der Waals surface area contributed by atoms with E-state index in [1.165, 1.54) is 0 Å². The van der Waals surface area contributed by atoms with Gasteiger partial charge in [0.25, 0.3) is 0 Å². The number of imidazole rings is 1. The lowest BCUT2D eigenvalue weighted by molar-refractivity contribution is 0.256. The summed E-state index contributed by atoms with van der Waals surface area (Å²) in [6.45, 7) is 2.56. The van der Waals surface area contributed by atoms with Gasteiger partial charge in [0.15, 0.2) is 11.5 Å². The minimum atomic E-state index is 0.191. The minimum Gasteiger partial charge on any atom is -0.493 e. The molecule has 1 aliphatic rings. The van der Waals surface area contributed by atoms with Crippen molar-refractivity contribution in [2.45, 2.75) is 19.4 Å². The molecule has 1 N–H and O–H groups in total. The third kappa shape index (κ3) is 2.27.